The van der Waals surface area contributed by atoms with Crippen molar-refractivity contribution in [1.29, 1.82) is 0 Å². The molecule has 0 fully saturated rings. The third kappa shape index (κ3) is 2.01. The van der Waals surface area contributed by atoms with Gasteiger partial charge in [0, 0.05) is 17.3 Å². The average molecular weight is 299 g/mol. The van der Waals surface area contributed by atoms with Crippen molar-refractivity contribution in [2.45, 2.75) is 6.18 Å². The highest BCUT2D eigenvalue weighted by atomic mass is 32.1. The van der Waals surface area contributed by atoms with Crippen molar-refractivity contribution >= 4 is 22.4 Å². The summed E-state index contributed by atoms with van der Waals surface area (Å²) in [6.07, 6.45) is -1.41. The summed E-state index contributed by atoms with van der Waals surface area (Å²) in [6.45, 7) is 0. The molecule has 0 bridgehead atoms. The molecule has 3 aromatic heterocycles. The first kappa shape index (κ1) is 12.9. The number of fused-ring (bicyclic) bond motifs is 1. The van der Waals surface area contributed by atoms with E-state index in [0.29, 0.717) is 27.9 Å². The molecule has 4 nitrogen and oxygen atoms in total. The number of H-pyrrole nitrogens is 1. The van der Waals surface area contributed by atoms with Crippen molar-refractivity contribution in [3.05, 3.63) is 28.7 Å². The summed E-state index contributed by atoms with van der Waals surface area (Å²) in [6, 6.07) is 1.55. The second kappa shape index (κ2) is 4.48. The van der Waals surface area contributed by atoms with E-state index in [9.17, 15) is 13.2 Å². The van der Waals surface area contributed by atoms with Crippen molar-refractivity contribution in [1.82, 2.24) is 15.0 Å². The van der Waals surface area contributed by atoms with Crippen molar-refractivity contribution < 1.29 is 17.9 Å². The topological polar surface area (TPSA) is 50.8 Å². The zero-order valence-corrected chi connectivity index (χ0v) is 11.0. The molecule has 1 N–H and O–H groups in total. The van der Waals surface area contributed by atoms with Gasteiger partial charge in [-0.3, -0.25) is 0 Å². The lowest BCUT2D eigenvalue weighted by Crippen LogP contribution is -2.03. The van der Waals surface area contributed by atoms with Gasteiger partial charge in [-0.25, -0.2) is 4.98 Å². The van der Waals surface area contributed by atoms with Gasteiger partial charge in [0.2, 0.25) is 0 Å². The Morgan fingerprint density at radius 3 is 2.80 bits per heavy atom. The number of halogens is 3. The zero-order valence-electron chi connectivity index (χ0n) is 10.2. The number of rotatable bonds is 2. The Kier molecular flexibility index (Phi) is 2.89. The van der Waals surface area contributed by atoms with Gasteiger partial charge in [0.1, 0.15) is 10.4 Å². The van der Waals surface area contributed by atoms with E-state index in [1.807, 2.05) is 0 Å². The second-order valence-electron chi connectivity index (χ2n) is 3.98. The number of nitrogens with zero attached hydrogens (tertiary/aromatic N) is 2. The summed E-state index contributed by atoms with van der Waals surface area (Å²) in [5, 5.41) is 1.41. The molecule has 104 valence electrons. The number of hydrogen-bond donors (Lipinski definition) is 1. The number of nitrogens with one attached hydrogen (secondary N) is 1. The summed E-state index contributed by atoms with van der Waals surface area (Å²) in [7, 11) is 1.40. The van der Waals surface area contributed by atoms with Crippen LogP contribution < -0.4 is 4.74 Å². The van der Waals surface area contributed by atoms with Gasteiger partial charge in [0.15, 0.2) is 0 Å². The van der Waals surface area contributed by atoms with Crippen LogP contribution in [0, 0.1) is 0 Å². The Morgan fingerprint density at radius 2 is 2.10 bits per heavy atom. The first-order valence-corrected chi connectivity index (χ1v) is 6.42. The van der Waals surface area contributed by atoms with E-state index in [4.69, 9.17) is 4.74 Å². The average Bonchev–Trinajstić information content (AvgIpc) is 3.02. The maximum Gasteiger partial charge on any atom is 0.426 e. The lowest BCUT2D eigenvalue weighted by Gasteiger charge is -2.06. The molecular formula is C12H8F3N3OS. The van der Waals surface area contributed by atoms with Crippen LogP contribution in [0.1, 0.15) is 4.88 Å². The summed E-state index contributed by atoms with van der Waals surface area (Å²) in [5.41, 5.74) is 1.45. The van der Waals surface area contributed by atoms with E-state index in [1.165, 1.54) is 30.9 Å². The lowest BCUT2D eigenvalue weighted by molar-refractivity contribution is -0.133. The number of aromatic amines is 1. The largest absolute Gasteiger partial charge is 0.467 e. The fourth-order valence-corrected chi connectivity index (χ4v) is 2.72. The van der Waals surface area contributed by atoms with Gasteiger partial charge < -0.3 is 9.72 Å². The fourth-order valence-electron chi connectivity index (χ4n) is 1.94. The summed E-state index contributed by atoms with van der Waals surface area (Å²) >= 11 is 0.660. The number of ether oxygens (including phenoxy) is 1. The molecule has 0 radical (unpaired) electrons. The van der Waals surface area contributed by atoms with Crippen LogP contribution in [0.2, 0.25) is 0 Å². The van der Waals surface area contributed by atoms with Crippen LogP contribution in [0.3, 0.4) is 0 Å². The van der Waals surface area contributed by atoms with Gasteiger partial charge in [0.25, 0.3) is 0 Å². The number of alkyl halides is 3. The summed E-state index contributed by atoms with van der Waals surface area (Å²) in [4.78, 5) is 10.2. The third-order valence-corrected chi connectivity index (χ3v) is 3.75. The molecule has 0 atom stereocenters. The molecule has 0 aliphatic carbocycles. The second-order valence-corrected chi connectivity index (χ2v) is 4.90. The van der Waals surface area contributed by atoms with Gasteiger partial charge in [0.05, 0.1) is 18.8 Å². The highest BCUT2D eigenvalue weighted by Crippen LogP contribution is 2.42. The van der Waals surface area contributed by atoms with E-state index in [0.717, 1.165) is 0 Å². The van der Waals surface area contributed by atoms with E-state index >= 15 is 0 Å². The zero-order chi connectivity index (χ0) is 14.3. The molecular weight excluding hydrogens is 291 g/mol. The molecule has 0 amide bonds. The molecule has 0 unspecified atom stereocenters. The maximum absolute atomic E-state index is 13.0. The Balaban J connectivity index is 2.23. The summed E-state index contributed by atoms with van der Waals surface area (Å²) < 4.78 is 43.8. The Morgan fingerprint density at radius 1 is 1.30 bits per heavy atom. The van der Waals surface area contributed by atoms with Gasteiger partial charge >= 0.3 is 12.2 Å². The molecule has 3 aromatic rings. The highest BCUT2D eigenvalue weighted by Gasteiger charge is 2.35. The first-order chi connectivity index (χ1) is 9.50. The normalized spacial score (nSPS) is 12.0. The van der Waals surface area contributed by atoms with Gasteiger partial charge in [-0.2, -0.15) is 18.2 Å². The SMILES string of the molecule is COc1ncc2[nH]cc(-c3ccsc3C(F)(F)F)c2n1. The lowest BCUT2D eigenvalue weighted by atomic mass is 10.1. The van der Waals surface area contributed by atoms with Crippen LogP contribution in [0.5, 0.6) is 6.01 Å². The standard InChI is InChI=1S/C12H8F3N3OS/c1-19-11-17-5-8-9(18-11)7(4-16-8)6-2-3-20-10(6)12(13,14)15/h2-5,16H,1H3. The van der Waals surface area contributed by atoms with E-state index in [2.05, 4.69) is 15.0 Å². The van der Waals surface area contributed by atoms with Crippen molar-refractivity contribution in [3.63, 3.8) is 0 Å². The van der Waals surface area contributed by atoms with Crippen molar-refractivity contribution in [2.75, 3.05) is 7.11 Å². The van der Waals surface area contributed by atoms with Crippen LogP contribution in [0.4, 0.5) is 13.2 Å². The number of hydrogen-bond acceptors (Lipinski definition) is 4. The number of thiophene rings is 1. The van der Waals surface area contributed by atoms with Crippen LogP contribution in [-0.4, -0.2) is 22.1 Å². The van der Waals surface area contributed by atoms with Crippen LogP contribution >= 0.6 is 11.3 Å². The predicted molar refractivity (Wildman–Crippen MR) is 68.8 cm³/mol. The minimum Gasteiger partial charge on any atom is -0.467 e. The van der Waals surface area contributed by atoms with Crippen LogP contribution in [-0.2, 0) is 6.18 Å². The van der Waals surface area contributed by atoms with E-state index in [1.54, 1.807) is 0 Å². The van der Waals surface area contributed by atoms with Gasteiger partial charge in [-0.05, 0) is 11.4 Å². The van der Waals surface area contributed by atoms with Gasteiger partial charge in [-0.1, -0.05) is 0 Å². The number of methoxy groups -OCH3 is 1. The fraction of sp³-hybridized carbons (Fsp3) is 0.167. The first-order valence-electron chi connectivity index (χ1n) is 5.54. The predicted octanol–water partition coefficient (Wildman–Crippen LogP) is 3.71. The molecule has 3 heterocycles. The quantitative estimate of drug-likeness (QED) is 0.784. The monoisotopic (exact) mass is 299 g/mol. The molecule has 20 heavy (non-hydrogen) atoms. The highest BCUT2D eigenvalue weighted by molar-refractivity contribution is 7.10. The Hall–Kier alpha value is -2.09. The Bertz CT molecular complexity index is 763. The molecule has 0 saturated heterocycles. The smallest absolute Gasteiger partial charge is 0.426 e. The Labute approximate surface area is 115 Å². The van der Waals surface area contributed by atoms with Crippen molar-refractivity contribution in [3.8, 4) is 17.1 Å². The molecule has 0 aliphatic heterocycles. The molecule has 3 rings (SSSR count). The van der Waals surface area contributed by atoms with E-state index < -0.39 is 11.1 Å². The number of aromatic nitrogens is 3. The molecule has 0 saturated carbocycles. The molecule has 0 aliphatic rings. The molecule has 0 aromatic carbocycles. The summed E-state index contributed by atoms with van der Waals surface area (Å²) in [5.74, 6) is 0. The molecule has 0 spiro atoms. The third-order valence-electron chi connectivity index (χ3n) is 2.79. The van der Waals surface area contributed by atoms with Crippen LogP contribution in [0.25, 0.3) is 22.2 Å². The minimum absolute atomic E-state index is 0.106. The minimum atomic E-state index is -4.38. The maximum atomic E-state index is 13.0. The molecule has 8 heteroatoms. The van der Waals surface area contributed by atoms with Gasteiger partial charge in [-0.15, -0.1) is 11.3 Å². The van der Waals surface area contributed by atoms with Crippen LogP contribution in [0.15, 0.2) is 23.8 Å². The van der Waals surface area contributed by atoms with Crippen molar-refractivity contribution in [2.24, 2.45) is 0 Å². The van der Waals surface area contributed by atoms with E-state index in [-0.39, 0.29) is 11.6 Å².